The van der Waals surface area contributed by atoms with E-state index < -0.39 is 11.7 Å². The first-order valence-corrected chi connectivity index (χ1v) is 8.90. The number of hydrogen-bond donors (Lipinski definition) is 1. The predicted molar refractivity (Wildman–Crippen MR) is 99.0 cm³/mol. The third-order valence-electron chi connectivity index (χ3n) is 3.83. The summed E-state index contributed by atoms with van der Waals surface area (Å²) in [4.78, 5) is 25.4. The summed E-state index contributed by atoms with van der Waals surface area (Å²) in [7, 11) is 1.51. The lowest BCUT2D eigenvalue weighted by atomic mass is 10.1. The largest absolute Gasteiger partial charge is 0.416 e. The molecule has 144 valence electrons. The lowest BCUT2D eigenvalue weighted by Gasteiger charge is -2.18. The van der Waals surface area contributed by atoms with Crippen LogP contribution in [0.4, 0.5) is 13.2 Å². The minimum atomic E-state index is -4.42. The Labute approximate surface area is 163 Å². The Morgan fingerprint density at radius 2 is 1.78 bits per heavy atom. The SMILES string of the molecule is CN(Cc1cccc(C(F)(F)F)c1)C(=O)CCNC(=O)c1ccc(Br)cc1. The van der Waals surface area contributed by atoms with Gasteiger partial charge in [0, 0.05) is 36.6 Å². The minimum Gasteiger partial charge on any atom is -0.352 e. The normalized spacial score (nSPS) is 11.1. The topological polar surface area (TPSA) is 49.4 Å². The Morgan fingerprint density at radius 1 is 1.11 bits per heavy atom. The summed E-state index contributed by atoms with van der Waals surface area (Å²) in [5.74, 6) is -0.570. The Balaban J connectivity index is 1.83. The Bertz CT molecular complexity index is 807. The van der Waals surface area contributed by atoms with Gasteiger partial charge in [-0.15, -0.1) is 0 Å². The zero-order valence-corrected chi connectivity index (χ0v) is 16.1. The molecule has 2 amide bonds. The number of hydrogen-bond acceptors (Lipinski definition) is 2. The quantitative estimate of drug-likeness (QED) is 0.726. The zero-order chi connectivity index (χ0) is 20.0. The zero-order valence-electron chi connectivity index (χ0n) is 14.5. The van der Waals surface area contributed by atoms with Crippen LogP contribution >= 0.6 is 15.9 Å². The fourth-order valence-corrected chi connectivity index (χ4v) is 2.65. The Morgan fingerprint density at radius 3 is 2.41 bits per heavy atom. The summed E-state index contributed by atoms with van der Waals surface area (Å²) in [6, 6.07) is 11.7. The first-order chi connectivity index (χ1) is 12.7. The summed E-state index contributed by atoms with van der Waals surface area (Å²) in [6.07, 6.45) is -4.37. The number of alkyl halides is 3. The van der Waals surface area contributed by atoms with E-state index in [1.54, 1.807) is 24.3 Å². The minimum absolute atomic E-state index is 0.0533. The summed E-state index contributed by atoms with van der Waals surface area (Å²) in [5, 5.41) is 2.65. The maximum Gasteiger partial charge on any atom is 0.416 e. The molecule has 0 unspecified atom stereocenters. The number of nitrogens with one attached hydrogen (secondary N) is 1. The van der Waals surface area contributed by atoms with Gasteiger partial charge in [-0.05, 0) is 42.0 Å². The van der Waals surface area contributed by atoms with Crippen LogP contribution in [0, 0.1) is 0 Å². The molecule has 0 heterocycles. The van der Waals surface area contributed by atoms with E-state index in [0.29, 0.717) is 11.1 Å². The maximum absolute atomic E-state index is 12.7. The van der Waals surface area contributed by atoms with E-state index in [0.717, 1.165) is 16.6 Å². The van der Waals surface area contributed by atoms with Crippen molar-refractivity contribution in [3.8, 4) is 0 Å². The van der Waals surface area contributed by atoms with Crippen LogP contribution in [0.15, 0.2) is 53.0 Å². The number of carbonyl (C=O) groups excluding carboxylic acids is 2. The molecule has 0 aliphatic heterocycles. The molecule has 0 saturated heterocycles. The van der Waals surface area contributed by atoms with Crippen molar-refractivity contribution in [2.24, 2.45) is 0 Å². The van der Waals surface area contributed by atoms with Crippen molar-refractivity contribution in [2.45, 2.75) is 19.1 Å². The lowest BCUT2D eigenvalue weighted by Crippen LogP contribution is -2.31. The van der Waals surface area contributed by atoms with E-state index in [2.05, 4.69) is 21.2 Å². The van der Waals surface area contributed by atoms with Crippen molar-refractivity contribution in [3.05, 3.63) is 69.7 Å². The molecule has 0 radical (unpaired) electrons. The first kappa shape index (κ1) is 21.0. The highest BCUT2D eigenvalue weighted by Crippen LogP contribution is 2.29. The summed E-state index contributed by atoms with van der Waals surface area (Å²) in [6.45, 7) is 0.198. The van der Waals surface area contributed by atoms with Crippen LogP contribution in [-0.2, 0) is 17.5 Å². The Hall–Kier alpha value is -2.35. The first-order valence-electron chi connectivity index (χ1n) is 8.10. The maximum atomic E-state index is 12.7. The van der Waals surface area contributed by atoms with Crippen LogP contribution in [0.5, 0.6) is 0 Å². The van der Waals surface area contributed by atoms with Gasteiger partial charge in [0.25, 0.3) is 5.91 Å². The fourth-order valence-electron chi connectivity index (χ4n) is 2.39. The molecule has 0 saturated carbocycles. The molecule has 2 aromatic rings. The molecule has 0 atom stereocenters. The second-order valence-corrected chi connectivity index (χ2v) is 6.88. The van der Waals surface area contributed by atoms with Crippen molar-refractivity contribution in [1.29, 1.82) is 0 Å². The molecule has 4 nitrogen and oxygen atoms in total. The van der Waals surface area contributed by atoms with Gasteiger partial charge >= 0.3 is 6.18 Å². The molecule has 8 heteroatoms. The number of nitrogens with zero attached hydrogens (tertiary/aromatic N) is 1. The van der Waals surface area contributed by atoms with Crippen LogP contribution in [0.2, 0.25) is 0 Å². The number of rotatable bonds is 6. The van der Waals surface area contributed by atoms with Crippen molar-refractivity contribution in [2.75, 3.05) is 13.6 Å². The molecule has 27 heavy (non-hydrogen) atoms. The van der Waals surface area contributed by atoms with Crippen LogP contribution in [0.1, 0.15) is 27.9 Å². The van der Waals surface area contributed by atoms with E-state index in [-0.39, 0.29) is 31.3 Å². The van der Waals surface area contributed by atoms with E-state index in [4.69, 9.17) is 0 Å². The molecule has 0 aliphatic rings. The molecule has 0 fully saturated rings. The average Bonchev–Trinajstić information content (AvgIpc) is 2.61. The average molecular weight is 443 g/mol. The highest BCUT2D eigenvalue weighted by atomic mass is 79.9. The van der Waals surface area contributed by atoms with Gasteiger partial charge in [-0.25, -0.2) is 0 Å². The third kappa shape index (κ3) is 6.39. The van der Waals surface area contributed by atoms with Crippen LogP contribution in [0.3, 0.4) is 0 Å². The molecular formula is C19H18BrF3N2O2. The second-order valence-electron chi connectivity index (χ2n) is 5.96. The van der Waals surface area contributed by atoms with Gasteiger partial charge in [0.15, 0.2) is 0 Å². The van der Waals surface area contributed by atoms with Crippen molar-refractivity contribution in [3.63, 3.8) is 0 Å². The molecule has 2 rings (SSSR count). The van der Waals surface area contributed by atoms with E-state index in [9.17, 15) is 22.8 Å². The summed E-state index contributed by atoms with van der Waals surface area (Å²) in [5.41, 5.74) is 0.116. The van der Waals surface area contributed by atoms with Gasteiger partial charge in [-0.2, -0.15) is 13.2 Å². The monoisotopic (exact) mass is 442 g/mol. The summed E-state index contributed by atoms with van der Waals surface area (Å²) >= 11 is 3.28. The molecular weight excluding hydrogens is 425 g/mol. The third-order valence-corrected chi connectivity index (χ3v) is 4.36. The number of carbonyl (C=O) groups is 2. The second kappa shape index (κ2) is 9.03. The van der Waals surface area contributed by atoms with Gasteiger partial charge in [0.1, 0.15) is 0 Å². The van der Waals surface area contributed by atoms with Gasteiger partial charge in [0.2, 0.25) is 5.91 Å². The van der Waals surface area contributed by atoms with E-state index in [1.807, 2.05) is 0 Å². The van der Waals surface area contributed by atoms with Crippen LogP contribution in [0.25, 0.3) is 0 Å². The lowest BCUT2D eigenvalue weighted by molar-refractivity contribution is -0.137. The van der Waals surface area contributed by atoms with Crippen molar-refractivity contribution < 1.29 is 22.8 Å². The standard InChI is InChI=1S/C19H18BrF3N2O2/c1-25(12-13-3-2-4-15(11-13)19(21,22)23)17(26)9-10-24-18(27)14-5-7-16(20)8-6-14/h2-8,11H,9-10,12H2,1H3,(H,24,27). The van der Waals surface area contributed by atoms with Gasteiger partial charge < -0.3 is 10.2 Å². The number of halogens is 4. The highest BCUT2D eigenvalue weighted by molar-refractivity contribution is 9.10. The Kier molecular flexibility index (Phi) is 7.01. The molecule has 0 bridgehead atoms. The predicted octanol–water partition coefficient (Wildman–Crippen LogP) is 4.25. The molecule has 0 aromatic heterocycles. The smallest absolute Gasteiger partial charge is 0.352 e. The van der Waals surface area contributed by atoms with Gasteiger partial charge in [0.05, 0.1) is 5.56 Å². The van der Waals surface area contributed by atoms with Crippen molar-refractivity contribution >= 4 is 27.7 Å². The molecule has 1 N–H and O–H groups in total. The fraction of sp³-hybridized carbons (Fsp3) is 0.263. The summed E-state index contributed by atoms with van der Waals surface area (Å²) < 4.78 is 39.1. The van der Waals surface area contributed by atoms with Gasteiger partial charge in [-0.3, -0.25) is 9.59 Å². The number of benzene rings is 2. The van der Waals surface area contributed by atoms with Gasteiger partial charge in [-0.1, -0.05) is 28.1 Å². The van der Waals surface area contributed by atoms with E-state index >= 15 is 0 Å². The molecule has 0 spiro atoms. The molecule has 0 aliphatic carbocycles. The van der Waals surface area contributed by atoms with Crippen LogP contribution < -0.4 is 5.32 Å². The number of amides is 2. The van der Waals surface area contributed by atoms with E-state index in [1.165, 1.54) is 24.1 Å². The molecule has 2 aromatic carbocycles. The van der Waals surface area contributed by atoms with Crippen molar-refractivity contribution in [1.82, 2.24) is 10.2 Å². The highest BCUT2D eigenvalue weighted by Gasteiger charge is 2.30. The van der Waals surface area contributed by atoms with Crippen LogP contribution in [-0.4, -0.2) is 30.3 Å².